The number of benzene rings is 1. The number of fused-ring (bicyclic) bond motifs is 1. The molecule has 1 aliphatic carbocycles. The molecule has 1 aromatic rings. The molecule has 120 valence electrons. The predicted molar refractivity (Wildman–Crippen MR) is 89.9 cm³/mol. The molecular weight excluding hydrogens is 272 g/mol. The van der Waals surface area contributed by atoms with Crippen LogP contribution in [0.15, 0.2) is 24.3 Å². The molecule has 1 amide bonds. The van der Waals surface area contributed by atoms with E-state index >= 15 is 0 Å². The molecule has 1 atom stereocenters. The Hall–Kier alpha value is -1.35. The summed E-state index contributed by atoms with van der Waals surface area (Å²) in [6.45, 7) is 5.01. The van der Waals surface area contributed by atoms with Crippen molar-refractivity contribution in [2.45, 2.75) is 51.5 Å². The summed E-state index contributed by atoms with van der Waals surface area (Å²) in [5.41, 5.74) is 2.97. The molecule has 0 saturated carbocycles. The molecule has 1 aliphatic heterocycles. The third-order valence-electron chi connectivity index (χ3n) is 5.26. The summed E-state index contributed by atoms with van der Waals surface area (Å²) in [6, 6.07) is 9.27. The second kappa shape index (κ2) is 7.28. The molecule has 3 rings (SSSR count). The monoisotopic (exact) mass is 300 g/mol. The van der Waals surface area contributed by atoms with Crippen LogP contribution >= 0.6 is 0 Å². The minimum atomic E-state index is 0.329. The largest absolute Gasteiger partial charge is 0.343 e. The van der Waals surface area contributed by atoms with E-state index in [1.165, 1.54) is 30.4 Å². The van der Waals surface area contributed by atoms with E-state index in [-0.39, 0.29) is 0 Å². The van der Waals surface area contributed by atoms with E-state index in [4.69, 9.17) is 0 Å². The highest BCUT2D eigenvalue weighted by Crippen LogP contribution is 2.21. The Kier molecular flexibility index (Phi) is 5.14. The third-order valence-corrected chi connectivity index (χ3v) is 5.26. The topological polar surface area (TPSA) is 32.3 Å². The van der Waals surface area contributed by atoms with Gasteiger partial charge in [0, 0.05) is 32.1 Å². The fourth-order valence-electron chi connectivity index (χ4n) is 3.67. The van der Waals surface area contributed by atoms with Gasteiger partial charge in [0.1, 0.15) is 0 Å². The average Bonchev–Trinajstić information content (AvgIpc) is 2.55. The number of piperidine rings is 1. The van der Waals surface area contributed by atoms with Gasteiger partial charge in [-0.25, -0.2) is 0 Å². The Labute approximate surface area is 134 Å². The maximum atomic E-state index is 12.2. The first-order chi connectivity index (χ1) is 10.7. The minimum Gasteiger partial charge on any atom is -0.343 e. The molecule has 0 aromatic heterocycles. The highest BCUT2D eigenvalue weighted by Gasteiger charge is 2.21. The fourth-order valence-corrected chi connectivity index (χ4v) is 3.67. The van der Waals surface area contributed by atoms with Crippen LogP contribution in [-0.4, -0.2) is 36.5 Å². The fraction of sp³-hybridized carbons (Fsp3) is 0.632. The molecule has 1 fully saturated rings. The number of nitrogens with one attached hydrogen (secondary N) is 1. The molecule has 1 heterocycles. The van der Waals surface area contributed by atoms with Crippen LogP contribution in [0.1, 0.15) is 43.7 Å². The zero-order valence-corrected chi connectivity index (χ0v) is 13.7. The molecule has 1 aromatic carbocycles. The normalized spacial score (nSPS) is 22.4. The van der Waals surface area contributed by atoms with Crippen LogP contribution in [0.4, 0.5) is 0 Å². The molecule has 0 spiro atoms. The van der Waals surface area contributed by atoms with Crippen LogP contribution in [0.25, 0.3) is 0 Å². The number of carbonyl (C=O) groups excluding carboxylic acids is 1. The van der Waals surface area contributed by atoms with Crippen LogP contribution in [0.5, 0.6) is 0 Å². The van der Waals surface area contributed by atoms with Crippen molar-refractivity contribution < 1.29 is 4.79 Å². The molecule has 1 saturated heterocycles. The van der Waals surface area contributed by atoms with Crippen molar-refractivity contribution in [2.24, 2.45) is 5.92 Å². The zero-order valence-electron chi connectivity index (χ0n) is 13.7. The van der Waals surface area contributed by atoms with Crippen LogP contribution in [0.3, 0.4) is 0 Å². The van der Waals surface area contributed by atoms with Gasteiger partial charge in [0.05, 0.1) is 0 Å². The molecule has 0 unspecified atom stereocenters. The first kappa shape index (κ1) is 15.5. The second-order valence-corrected chi connectivity index (χ2v) is 6.98. The van der Waals surface area contributed by atoms with Gasteiger partial charge >= 0.3 is 0 Å². The van der Waals surface area contributed by atoms with Gasteiger partial charge < -0.3 is 10.2 Å². The maximum Gasteiger partial charge on any atom is 0.223 e. The average molecular weight is 300 g/mol. The number of hydrogen-bond acceptors (Lipinski definition) is 2. The molecule has 2 aliphatic rings. The van der Waals surface area contributed by atoms with Crippen molar-refractivity contribution in [1.82, 2.24) is 10.2 Å². The van der Waals surface area contributed by atoms with E-state index in [0.717, 1.165) is 38.4 Å². The summed E-state index contributed by atoms with van der Waals surface area (Å²) in [5.74, 6) is 1.11. The van der Waals surface area contributed by atoms with Crippen molar-refractivity contribution in [3.63, 3.8) is 0 Å². The van der Waals surface area contributed by atoms with Gasteiger partial charge in [0.2, 0.25) is 5.91 Å². The minimum absolute atomic E-state index is 0.329. The third kappa shape index (κ3) is 3.89. The van der Waals surface area contributed by atoms with Crippen molar-refractivity contribution in [2.75, 3.05) is 19.6 Å². The number of amides is 1. The first-order valence-electron chi connectivity index (χ1n) is 8.80. The van der Waals surface area contributed by atoms with Crippen molar-refractivity contribution in [1.29, 1.82) is 0 Å². The predicted octanol–water partition coefficient (Wildman–Crippen LogP) is 2.78. The van der Waals surface area contributed by atoms with E-state index in [1.807, 2.05) is 0 Å². The van der Waals surface area contributed by atoms with Crippen molar-refractivity contribution in [3.05, 3.63) is 35.4 Å². The van der Waals surface area contributed by atoms with E-state index in [9.17, 15) is 4.79 Å². The Morgan fingerprint density at radius 1 is 1.18 bits per heavy atom. The number of aryl methyl sites for hydroxylation is 1. The van der Waals surface area contributed by atoms with Gasteiger partial charge in [-0.1, -0.05) is 31.2 Å². The lowest BCUT2D eigenvalue weighted by Crippen LogP contribution is -2.41. The molecular formula is C19H28N2O. The van der Waals surface area contributed by atoms with E-state index in [1.54, 1.807) is 0 Å². The summed E-state index contributed by atoms with van der Waals surface area (Å²) in [5, 5.41) is 3.59. The smallest absolute Gasteiger partial charge is 0.223 e. The molecule has 22 heavy (non-hydrogen) atoms. The van der Waals surface area contributed by atoms with Crippen LogP contribution in [0.2, 0.25) is 0 Å². The summed E-state index contributed by atoms with van der Waals surface area (Å²) >= 11 is 0. The first-order valence-corrected chi connectivity index (χ1v) is 8.80. The molecule has 1 N–H and O–H groups in total. The number of nitrogens with zero attached hydrogens (tertiary/aromatic N) is 1. The highest BCUT2D eigenvalue weighted by atomic mass is 16.2. The van der Waals surface area contributed by atoms with E-state index < -0.39 is 0 Å². The van der Waals surface area contributed by atoms with Gasteiger partial charge in [-0.2, -0.15) is 0 Å². The number of hydrogen-bond donors (Lipinski definition) is 1. The van der Waals surface area contributed by atoms with Crippen LogP contribution in [0, 0.1) is 5.92 Å². The Morgan fingerprint density at radius 2 is 1.91 bits per heavy atom. The van der Waals surface area contributed by atoms with Crippen LogP contribution in [-0.2, 0) is 17.6 Å². The lowest BCUT2D eigenvalue weighted by Gasteiger charge is -2.31. The molecule has 0 bridgehead atoms. The van der Waals surface area contributed by atoms with Gasteiger partial charge in [-0.05, 0) is 49.1 Å². The second-order valence-electron chi connectivity index (χ2n) is 6.98. The molecule has 3 heteroatoms. The van der Waals surface area contributed by atoms with E-state index in [2.05, 4.69) is 41.4 Å². The summed E-state index contributed by atoms with van der Waals surface area (Å²) in [7, 11) is 0. The number of likely N-dealkylation sites (tertiary alicyclic amines) is 1. The lowest BCUT2D eigenvalue weighted by atomic mass is 9.88. The molecule has 0 radical (unpaired) electrons. The Balaban J connectivity index is 1.40. The van der Waals surface area contributed by atoms with E-state index in [0.29, 0.717) is 18.4 Å². The number of carbonyl (C=O) groups is 1. The van der Waals surface area contributed by atoms with Crippen molar-refractivity contribution >= 4 is 5.91 Å². The Morgan fingerprint density at radius 3 is 2.68 bits per heavy atom. The van der Waals surface area contributed by atoms with Crippen LogP contribution < -0.4 is 5.32 Å². The highest BCUT2D eigenvalue weighted by molar-refractivity contribution is 5.76. The van der Waals surface area contributed by atoms with Gasteiger partial charge in [-0.15, -0.1) is 0 Å². The van der Waals surface area contributed by atoms with Crippen molar-refractivity contribution in [3.8, 4) is 0 Å². The SMILES string of the molecule is CC1CCN(C(=O)CCN[C@@H]2CCc3ccccc3C2)CC1. The summed E-state index contributed by atoms with van der Waals surface area (Å²) in [4.78, 5) is 14.3. The quantitative estimate of drug-likeness (QED) is 0.927. The molecule has 3 nitrogen and oxygen atoms in total. The summed E-state index contributed by atoms with van der Waals surface area (Å²) < 4.78 is 0. The van der Waals surface area contributed by atoms with Gasteiger partial charge in [0.15, 0.2) is 0 Å². The Bertz CT molecular complexity index is 506. The lowest BCUT2D eigenvalue weighted by molar-refractivity contribution is -0.132. The maximum absolute atomic E-state index is 12.2. The van der Waals surface area contributed by atoms with Gasteiger partial charge in [-0.3, -0.25) is 4.79 Å². The van der Waals surface area contributed by atoms with Gasteiger partial charge in [0.25, 0.3) is 0 Å². The standard InChI is InChI=1S/C19H28N2O/c1-15-9-12-21(13-10-15)19(22)8-11-20-18-7-6-16-4-2-3-5-17(16)14-18/h2-5,15,18,20H,6-14H2,1H3/t18-/m1/s1. The zero-order chi connectivity index (χ0) is 15.4. The number of rotatable bonds is 4. The summed E-state index contributed by atoms with van der Waals surface area (Å²) in [6.07, 6.45) is 6.42.